The molecule has 5 nitrogen and oxygen atoms in total. The molecule has 1 amide bonds. The smallest absolute Gasteiger partial charge is 0.255 e. The van der Waals surface area contributed by atoms with Crippen LogP contribution in [0.25, 0.3) is 0 Å². The van der Waals surface area contributed by atoms with Crippen LogP contribution < -0.4 is 0 Å². The minimum Gasteiger partial charge on any atom is -0.379 e. The molecule has 110 valence electrons. The van der Waals surface area contributed by atoms with Gasteiger partial charge in [0.25, 0.3) is 5.91 Å². The van der Waals surface area contributed by atoms with Crippen molar-refractivity contribution in [1.29, 1.82) is 0 Å². The fourth-order valence-electron chi connectivity index (χ4n) is 2.85. The SMILES string of the molecule is CC(C)(C)CN1CCC[C@](O)(CN2CCCO2)C1=O. The molecule has 0 aromatic heterocycles. The summed E-state index contributed by atoms with van der Waals surface area (Å²) in [7, 11) is 0. The highest BCUT2D eigenvalue weighted by Crippen LogP contribution is 2.27. The zero-order valence-electron chi connectivity index (χ0n) is 12.3. The first-order chi connectivity index (χ1) is 8.80. The molecule has 2 aliphatic rings. The fourth-order valence-corrected chi connectivity index (χ4v) is 2.85. The van der Waals surface area contributed by atoms with Gasteiger partial charge in [0, 0.05) is 19.6 Å². The topological polar surface area (TPSA) is 53.0 Å². The Kier molecular flexibility index (Phi) is 4.18. The van der Waals surface area contributed by atoms with Gasteiger partial charge in [-0.2, -0.15) is 5.06 Å². The van der Waals surface area contributed by atoms with E-state index in [1.165, 1.54) is 0 Å². The Hall–Kier alpha value is -0.650. The Balaban J connectivity index is 2.01. The van der Waals surface area contributed by atoms with Gasteiger partial charge in [0.1, 0.15) is 0 Å². The van der Waals surface area contributed by atoms with E-state index in [9.17, 15) is 9.90 Å². The lowest BCUT2D eigenvalue weighted by molar-refractivity contribution is -0.182. The van der Waals surface area contributed by atoms with E-state index in [0.29, 0.717) is 26.1 Å². The van der Waals surface area contributed by atoms with Gasteiger partial charge in [-0.1, -0.05) is 20.8 Å². The lowest BCUT2D eigenvalue weighted by atomic mass is 9.88. The summed E-state index contributed by atoms with van der Waals surface area (Å²) < 4.78 is 0. The molecule has 1 N–H and O–H groups in total. The van der Waals surface area contributed by atoms with E-state index in [1.807, 2.05) is 0 Å². The number of amides is 1. The van der Waals surface area contributed by atoms with E-state index < -0.39 is 5.60 Å². The fraction of sp³-hybridized carbons (Fsp3) is 0.929. The summed E-state index contributed by atoms with van der Waals surface area (Å²) in [5.74, 6) is -0.135. The predicted octanol–water partition coefficient (Wildman–Crippen LogP) is 1.02. The van der Waals surface area contributed by atoms with Gasteiger partial charge in [-0.15, -0.1) is 0 Å². The van der Waals surface area contributed by atoms with Crippen LogP contribution in [0.3, 0.4) is 0 Å². The maximum atomic E-state index is 12.5. The number of β-amino-alcohol motifs (C(OH)–C–C–N with tert-alkyl or cyclic N) is 1. The summed E-state index contributed by atoms with van der Waals surface area (Å²) in [6.45, 7) is 9.55. The monoisotopic (exact) mass is 270 g/mol. The lowest BCUT2D eigenvalue weighted by Crippen LogP contribution is -2.59. The van der Waals surface area contributed by atoms with Crippen molar-refractivity contribution >= 4 is 5.91 Å². The van der Waals surface area contributed by atoms with E-state index in [-0.39, 0.29) is 11.3 Å². The molecule has 2 heterocycles. The minimum atomic E-state index is -1.27. The molecular weight excluding hydrogens is 244 g/mol. The van der Waals surface area contributed by atoms with Crippen molar-refractivity contribution in [2.24, 2.45) is 5.41 Å². The maximum Gasteiger partial charge on any atom is 0.255 e. The van der Waals surface area contributed by atoms with Gasteiger partial charge >= 0.3 is 0 Å². The van der Waals surface area contributed by atoms with Gasteiger partial charge in [-0.05, 0) is 24.7 Å². The summed E-state index contributed by atoms with van der Waals surface area (Å²) in [5, 5.41) is 12.4. The molecule has 2 aliphatic heterocycles. The quantitative estimate of drug-likeness (QED) is 0.832. The van der Waals surface area contributed by atoms with Crippen molar-refractivity contribution in [3.05, 3.63) is 0 Å². The highest BCUT2D eigenvalue weighted by Gasteiger charge is 2.44. The van der Waals surface area contributed by atoms with Crippen molar-refractivity contribution in [1.82, 2.24) is 9.96 Å². The molecule has 0 aromatic carbocycles. The molecule has 1 atom stereocenters. The van der Waals surface area contributed by atoms with Gasteiger partial charge in [-0.25, -0.2) is 0 Å². The van der Waals surface area contributed by atoms with Gasteiger partial charge in [-0.3, -0.25) is 9.63 Å². The number of hydrogen-bond donors (Lipinski definition) is 1. The highest BCUT2D eigenvalue weighted by molar-refractivity contribution is 5.86. The van der Waals surface area contributed by atoms with E-state index in [0.717, 1.165) is 25.9 Å². The van der Waals surface area contributed by atoms with E-state index in [1.54, 1.807) is 9.96 Å². The summed E-state index contributed by atoms with van der Waals surface area (Å²) in [5.41, 5.74) is -1.22. The number of aliphatic hydroxyl groups is 1. The Morgan fingerprint density at radius 1 is 1.32 bits per heavy atom. The van der Waals surface area contributed by atoms with E-state index >= 15 is 0 Å². The molecule has 0 unspecified atom stereocenters. The zero-order chi connectivity index (χ0) is 14.1. The second-order valence-corrected chi connectivity index (χ2v) is 6.97. The first-order valence-electron chi connectivity index (χ1n) is 7.20. The summed E-state index contributed by atoms with van der Waals surface area (Å²) in [6, 6.07) is 0. The number of carbonyl (C=O) groups excluding carboxylic acids is 1. The van der Waals surface area contributed by atoms with Gasteiger partial charge < -0.3 is 10.0 Å². The number of hydrogen-bond acceptors (Lipinski definition) is 4. The molecule has 0 bridgehead atoms. The van der Waals surface area contributed by atoms with Crippen LogP contribution in [0.4, 0.5) is 0 Å². The van der Waals surface area contributed by atoms with Crippen LogP contribution in [0.1, 0.15) is 40.0 Å². The largest absolute Gasteiger partial charge is 0.379 e. The number of hydroxylamine groups is 2. The first kappa shape index (κ1) is 14.8. The van der Waals surface area contributed by atoms with E-state index in [4.69, 9.17) is 4.84 Å². The molecule has 2 rings (SSSR count). The molecule has 0 radical (unpaired) electrons. The normalized spacial score (nSPS) is 30.1. The number of nitrogens with zero attached hydrogens (tertiary/aromatic N) is 2. The van der Waals surface area contributed by atoms with Crippen molar-refractivity contribution in [2.45, 2.75) is 45.6 Å². The number of rotatable bonds is 3. The van der Waals surface area contributed by atoms with Crippen LogP contribution in [0, 0.1) is 5.41 Å². The predicted molar refractivity (Wildman–Crippen MR) is 72.4 cm³/mol. The molecule has 0 aliphatic carbocycles. The van der Waals surface area contributed by atoms with Crippen LogP contribution in [-0.2, 0) is 9.63 Å². The second kappa shape index (κ2) is 5.38. The number of carbonyl (C=O) groups is 1. The molecule has 0 saturated carbocycles. The molecule has 19 heavy (non-hydrogen) atoms. The van der Waals surface area contributed by atoms with Crippen LogP contribution in [0.2, 0.25) is 0 Å². The minimum absolute atomic E-state index is 0.0536. The van der Waals surface area contributed by atoms with Crippen molar-refractivity contribution in [3.8, 4) is 0 Å². The van der Waals surface area contributed by atoms with E-state index in [2.05, 4.69) is 20.8 Å². The average molecular weight is 270 g/mol. The second-order valence-electron chi connectivity index (χ2n) is 6.97. The molecule has 0 spiro atoms. The Morgan fingerprint density at radius 2 is 2.05 bits per heavy atom. The highest BCUT2D eigenvalue weighted by atomic mass is 16.7. The van der Waals surface area contributed by atoms with Crippen LogP contribution in [0.15, 0.2) is 0 Å². The lowest BCUT2D eigenvalue weighted by Gasteiger charge is -2.41. The number of likely N-dealkylation sites (tertiary alicyclic amines) is 1. The Labute approximate surface area is 115 Å². The first-order valence-corrected chi connectivity index (χ1v) is 7.20. The molecule has 5 heteroatoms. The van der Waals surface area contributed by atoms with Crippen molar-refractivity contribution < 1.29 is 14.7 Å². The molecule has 2 saturated heterocycles. The third-order valence-electron chi connectivity index (χ3n) is 3.63. The van der Waals surface area contributed by atoms with Gasteiger partial charge in [0.15, 0.2) is 5.60 Å². The van der Waals surface area contributed by atoms with Crippen LogP contribution in [-0.4, -0.2) is 59.4 Å². The molecule has 2 fully saturated rings. The average Bonchev–Trinajstić information content (AvgIpc) is 2.76. The standard InChI is InChI=1S/C14H26N2O3/c1-13(2,3)10-15-7-4-6-14(18,12(15)17)11-16-8-5-9-19-16/h18H,4-11H2,1-3H3/t14-/m0/s1. The maximum absolute atomic E-state index is 12.5. The zero-order valence-corrected chi connectivity index (χ0v) is 12.3. The third kappa shape index (κ3) is 3.68. The third-order valence-corrected chi connectivity index (χ3v) is 3.63. The van der Waals surface area contributed by atoms with Crippen molar-refractivity contribution in [2.75, 3.05) is 32.8 Å². The Bertz CT molecular complexity index is 334. The summed E-state index contributed by atoms with van der Waals surface area (Å²) in [6.07, 6.45) is 2.36. The van der Waals surface area contributed by atoms with Crippen LogP contribution >= 0.6 is 0 Å². The van der Waals surface area contributed by atoms with Gasteiger partial charge in [0.05, 0.1) is 13.2 Å². The van der Waals surface area contributed by atoms with Gasteiger partial charge in [0.2, 0.25) is 0 Å². The summed E-state index contributed by atoms with van der Waals surface area (Å²) >= 11 is 0. The Morgan fingerprint density at radius 3 is 2.63 bits per heavy atom. The molecule has 0 aromatic rings. The molecular formula is C14H26N2O3. The van der Waals surface area contributed by atoms with Crippen LogP contribution in [0.5, 0.6) is 0 Å². The summed E-state index contributed by atoms with van der Waals surface area (Å²) in [4.78, 5) is 19.7. The number of piperidine rings is 1. The van der Waals surface area contributed by atoms with Crippen molar-refractivity contribution in [3.63, 3.8) is 0 Å².